The number of anilines is 2. The summed E-state index contributed by atoms with van der Waals surface area (Å²) < 4.78 is 10.6. The second-order valence-corrected chi connectivity index (χ2v) is 8.42. The Labute approximate surface area is 193 Å². The second-order valence-electron chi connectivity index (χ2n) is 6.47. The topological polar surface area (TPSA) is 84.8 Å². The molecule has 0 aliphatic rings. The fourth-order valence-corrected chi connectivity index (χ4v) is 4.35. The van der Waals surface area contributed by atoms with Crippen LogP contribution in [0.25, 0.3) is 11.3 Å². The highest BCUT2D eigenvalue weighted by molar-refractivity contribution is 7.20. The zero-order valence-corrected chi connectivity index (χ0v) is 19.0. The Morgan fingerprint density at radius 3 is 2.62 bits per heavy atom. The van der Waals surface area contributed by atoms with Crippen LogP contribution in [0.2, 0.25) is 0 Å². The molecule has 0 radical (unpaired) electrons. The number of methoxy groups -OCH3 is 2. The summed E-state index contributed by atoms with van der Waals surface area (Å²) >= 11 is 2.71. The first-order valence-electron chi connectivity index (χ1n) is 9.60. The summed E-state index contributed by atoms with van der Waals surface area (Å²) in [6, 6.07) is 18.8. The third-order valence-electron chi connectivity index (χ3n) is 4.45. The van der Waals surface area contributed by atoms with E-state index in [1.807, 2.05) is 53.9 Å². The molecular formula is C23H20N4O3S2. The maximum Gasteiger partial charge on any atom is 0.266 e. The van der Waals surface area contributed by atoms with E-state index in [2.05, 4.69) is 20.8 Å². The lowest BCUT2D eigenvalue weighted by atomic mass is 10.2. The van der Waals surface area contributed by atoms with Crippen molar-refractivity contribution < 1.29 is 14.3 Å². The SMILES string of the molecule is COc1ccc(/C=N\Nc2nc(-c3ccccc3)c(NC(=O)c3cccs3)s2)c(OC)c1. The Morgan fingerprint density at radius 2 is 1.91 bits per heavy atom. The lowest BCUT2D eigenvalue weighted by Gasteiger charge is -2.06. The normalized spacial score (nSPS) is 10.8. The molecule has 2 heterocycles. The van der Waals surface area contributed by atoms with Gasteiger partial charge in [-0.3, -0.25) is 10.2 Å². The molecule has 0 saturated carbocycles. The first-order chi connectivity index (χ1) is 15.7. The smallest absolute Gasteiger partial charge is 0.266 e. The summed E-state index contributed by atoms with van der Waals surface area (Å²) in [5.74, 6) is 1.17. The predicted molar refractivity (Wildman–Crippen MR) is 131 cm³/mol. The predicted octanol–water partition coefficient (Wildman–Crippen LogP) is 5.59. The zero-order valence-electron chi connectivity index (χ0n) is 17.4. The number of amides is 1. The minimum absolute atomic E-state index is 0.168. The van der Waals surface area contributed by atoms with Crippen molar-refractivity contribution in [3.05, 3.63) is 76.5 Å². The number of hydrogen-bond acceptors (Lipinski definition) is 8. The third-order valence-corrected chi connectivity index (χ3v) is 6.19. The Balaban J connectivity index is 1.57. The van der Waals surface area contributed by atoms with Gasteiger partial charge in [-0.2, -0.15) is 5.10 Å². The number of rotatable bonds is 8. The van der Waals surface area contributed by atoms with Gasteiger partial charge in [0.25, 0.3) is 5.91 Å². The van der Waals surface area contributed by atoms with E-state index >= 15 is 0 Å². The number of hydrazone groups is 1. The lowest BCUT2D eigenvalue weighted by Crippen LogP contribution is -2.09. The maximum atomic E-state index is 12.6. The van der Waals surface area contributed by atoms with E-state index in [1.54, 1.807) is 32.6 Å². The van der Waals surface area contributed by atoms with Crippen molar-refractivity contribution in [1.82, 2.24) is 4.98 Å². The molecule has 162 valence electrons. The Kier molecular flexibility index (Phi) is 6.78. The van der Waals surface area contributed by atoms with Crippen LogP contribution in [0.1, 0.15) is 15.2 Å². The van der Waals surface area contributed by atoms with Crippen molar-refractivity contribution in [1.29, 1.82) is 0 Å². The Bertz CT molecular complexity index is 1220. The van der Waals surface area contributed by atoms with Crippen LogP contribution in [0.5, 0.6) is 11.5 Å². The van der Waals surface area contributed by atoms with Gasteiger partial charge in [-0.05, 0) is 23.6 Å². The molecule has 0 atom stereocenters. The minimum atomic E-state index is -0.168. The number of aromatic nitrogens is 1. The van der Waals surface area contributed by atoms with Crippen LogP contribution in [-0.2, 0) is 0 Å². The maximum absolute atomic E-state index is 12.6. The van der Waals surface area contributed by atoms with Gasteiger partial charge in [0.1, 0.15) is 22.2 Å². The molecule has 32 heavy (non-hydrogen) atoms. The van der Waals surface area contributed by atoms with Crippen LogP contribution in [0.3, 0.4) is 0 Å². The highest BCUT2D eigenvalue weighted by atomic mass is 32.1. The lowest BCUT2D eigenvalue weighted by molar-refractivity contribution is 0.103. The average molecular weight is 465 g/mol. The van der Waals surface area contributed by atoms with Gasteiger partial charge < -0.3 is 14.8 Å². The molecule has 2 aromatic carbocycles. The Morgan fingerprint density at radius 1 is 1.06 bits per heavy atom. The number of benzene rings is 2. The van der Waals surface area contributed by atoms with Crippen molar-refractivity contribution in [3.8, 4) is 22.8 Å². The van der Waals surface area contributed by atoms with Crippen LogP contribution < -0.4 is 20.2 Å². The highest BCUT2D eigenvalue weighted by Gasteiger charge is 2.17. The third kappa shape index (κ3) is 4.96. The molecule has 9 heteroatoms. The van der Waals surface area contributed by atoms with Gasteiger partial charge in [0.15, 0.2) is 0 Å². The summed E-state index contributed by atoms with van der Waals surface area (Å²) in [6.45, 7) is 0. The van der Waals surface area contributed by atoms with Gasteiger partial charge in [0.2, 0.25) is 5.13 Å². The van der Waals surface area contributed by atoms with Gasteiger partial charge >= 0.3 is 0 Å². The fourth-order valence-electron chi connectivity index (χ4n) is 2.90. The van der Waals surface area contributed by atoms with E-state index < -0.39 is 0 Å². The molecule has 2 aromatic heterocycles. The largest absolute Gasteiger partial charge is 0.497 e. The summed E-state index contributed by atoms with van der Waals surface area (Å²) in [6.07, 6.45) is 1.64. The molecule has 2 N–H and O–H groups in total. The number of nitrogens with zero attached hydrogens (tertiary/aromatic N) is 2. The molecule has 0 bridgehead atoms. The molecule has 0 saturated heterocycles. The molecule has 0 fully saturated rings. The van der Waals surface area contributed by atoms with Crippen molar-refractivity contribution in [3.63, 3.8) is 0 Å². The first-order valence-corrected chi connectivity index (χ1v) is 11.3. The zero-order chi connectivity index (χ0) is 22.3. The molecule has 0 aliphatic heterocycles. The van der Waals surface area contributed by atoms with Crippen LogP contribution in [0, 0.1) is 0 Å². The Hall–Kier alpha value is -3.69. The van der Waals surface area contributed by atoms with E-state index in [1.165, 1.54) is 22.7 Å². The number of carbonyl (C=O) groups is 1. The summed E-state index contributed by atoms with van der Waals surface area (Å²) in [4.78, 5) is 17.9. The van der Waals surface area contributed by atoms with E-state index in [-0.39, 0.29) is 5.91 Å². The number of thiophene rings is 1. The van der Waals surface area contributed by atoms with E-state index in [4.69, 9.17) is 9.47 Å². The summed E-state index contributed by atoms with van der Waals surface area (Å²) in [7, 11) is 3.20. The van der Waals surface area contributed by atoms with Crippen LogP contribution in [0.15, 0.2) is 71.1 Å². The van der Waals surface area contributed by atoms with Gasteiger partial charge in [0.05, 0.1) is 25.3 Å². The van der Waals surface area contributed by atoms with Crippen molar-refractivity contribution in [2.75, 3.05) is 25.0 Å². The first kappa shape index (κ1) is 21.5. The molecule has 1 amide bonds. The number of nitrogens with one attached hydrogen (secondary N) is 2. The quantitative estimate of drug-likeness (QED) is 0.262. The van der Waals surface area contributed by atoms with Crippen LogP contribution in [0.4, 0.5) is 10.1 Å². The molecule has 0 aliphatic carbocycles. The average Bonchev–Trinajstić information content (AvgIpc) is 3.50. The van der Waals surface area contributed by atoms with Gasteiger partial charge in [-0.1, -0.05) is 47.7 Å². The van der Waals surface area contributed by atoms with E-state index in [0.29, 0.717) is 32.2 Å². The standard InChI is InChI=1S/C23H20N4O3S2/c1-29-17-11-10-16(18(13-17)30-2)14-24-27-23-25-20(15-7-4-3-5-8-15)22(32-23)26-21(28)19-9-6-12-31-19/h3-14H,1-2H3,(H,25,27)(H,26,28)/b24-14-. The van der Waals surface area contributed by atoms with Gasteiger partial charge in [-0.15, -0.1) is 11.3 Å². The van der Waals surface area contributed by atoms with Crippen molar-refractivity contribution >= 4 is 44.9 Å². The number of thiazole rings is 1. The fraction of sp³-hybridized carbons (Fsp3) is 0.0870. The van der Waals surface area contributed by atoms with Crippen LogP contribution >= 0.6 is 22.7 Å². The van der Waals surface area contributed by atoms with Crippen molar-refractivity contribution in [2.45, 2.75) is 0 Å². The van der Waals surface area contributed by atoms with E-state index in [0.717, 1.165) is 11.1 Å². The molecule has 4 aromatic rings. The number of hydrogen-bond donors (Lipinski definition) is 2. The highest BCUT2D eigenvalue weighted by Crippen LogP contribution is 2.36. The summed E-state index contributed by atoms with van der Waals surface area (Å²) in [5.41, 5.74) is 5.32. The van der Waals surface area contributed by atoms with Crippen LogP contribution in [-0.4, -0.2) is 31.3 Å². The monoisotopic (exact) mass is 464 g/mol. The van der Waals surface area contributed by atoms with Crippen molar-refractivity contribution in [2.24, 2.45) is 5.10 Å². The number of carbonyl (C=O) groups excluding carboxylic acids is 1. The molecule has 0 spiro atoms. The van der Waals surface area contributed by atoms with Gasteiger partial charge in [0, 0.05) is 17.2 Å². The molecule has 7 nitrogen and oxygen atoms in total. The molecule has 0 unspecified atom stereocenters. The summed E-state index contributed by atoms with van der Waals surface area (Å²) in [5, 5.41) is 10.3. The molecule has 4 rings (SSSR count). The number of ether oxygens (including phenoxy) is 2. The minimum Gasteiger partial charge on any atom is -0.497 e. The second kappa shape index (κ2) is 10.1. The van der Waals surface area contributed by atoms with Gasteiger partial charge in [-0.25, -0.2) is 4.98 Å². The molecular weight excluding hydrogens is 444 g/mol. The van der Waals surface area contributed by atoms with E-state index in [9.17, 15) is 4.79 Å².